The van der Waals surface area contributed by atoms with E-state index in [0.29, 0.717) is 10.7 Å². The maximum absolute atomic E-state index is 13.6. The molecule has 7 heteroatoms. The number of carbonyl (C=O) groups is 1. The summed E-state index contributed by atoms with van der Waals surface area (Å²) in [4.78, 5) is 26.7. The summed E-state index contributed by atoms with van der Waals surface area (Å²) in [5.41, 5.74) is 5.50. The van der Waals surface area contributed by atoms with Crippen LogP contribution < -0.4 is 10.1 Å². The summed E-state index contributed by atoms with van der Waals surface area (Å²) in [6, 6.07) is 15.7. The first-order valence-electron chi connectivity index (χ1n) is 11.1. The van der Waals surface area contributed by atoms with Crippen molar-refractivity contribution in [3.63, 3.8) is 0 Å². The third-order valence-electron chi connectivity index (χ3n) is 6.18. The fourth-order valence-electron chi connectivity index (χ4n) is 4.40. The summed E-state index contributed by atoms with van der Waals surface area (Å²) in [7, 11) is 1.65. The van der Waals surface area contributed by atoms with Crippen molar-refractivity contribution in [2.45, 2.75) is 26.8 Å². The summed E-state index contributed by atoms with van der Waals surface area (Å²) >= 11 is 1.49. The van der Waals surface area contributed by atoms with E-state index < -0.39 is 0 Å². The van der Waals surface area contributed by atoms with Crippen LogP contribution in [0.4, 0.5) is 5.13 Å². The average Bonchev–Trinajstić information content (AvgIpc) is 3.21. The lowest BCUT2D eigenvalue weighted by Crippen LogP contribution is -2.33. The zero-order chi connectivity index (χ0) is 22.9. The van der Waals surface area contributed by atoms with Gasteiger partial charge in [0, 0.05) is 46.6 Å². The highest BCUT2D eigenvalue weighted by Gasteiger charge is 2.26. The van der Waals surface area contributed by atoms with Gasteiger partial charge in [-0.25, -0.2) is 4.98 Å². The molecule has 0 radical (unpaired) electrons. The molecular weight excluding hydrogens is 432 g/mol. The number of amides is 1. The Labute approximate surface area is 197 Å². The van der Waals surface area contributed by atoms with Gasteiger partial charge in [0.15, 0.2) is 5.13 Å². The van der Waals surface area contributed by atoms with Gasteiger partial charge in [0.1, 0.15) is 5.75 Å². The smallest absolute Gasteiger partial charge is 0.258 e. The van der Waals surface area contributed by atoms with Crippen LogP contribution in [0.3, 0.4) is 0 Å². The van der Waals surface area contributed by atoms with Gasteiger partial charge in [0.05, 0.1) is 23.9 Å². The Bertz CT molecular complexity index is 1330. The minimum absolute atomic E-state index is 0.127. The Morgan fingerprint density at radius 1 is 1.15 bits per heavy atom. The summed E-state index contributed by atoms with van der Waals surface area (Å²) in [6.07, 6.45) is 0.853. The van der Waals surface area contributed by atoms with Crippen LogP contribution in [-0.2, 0) is 13.0 Å². The molecule has 6 nitrogen and oxygen atoms in total. The number of carbonyl (C=O) groups excluding carboxylic acids is 1. The first-order valence-corrected chi connectivity index (χ1v) is 11.9. The fourth-order valence-corrected chi connectivity index (χ4v) is 5.23. The summed E-state index contributed by atoms with van der Waals surface area (Å²) in [5, 5.41) is 4.57. The Hall–Kier alpha value is -3.29. The second-order valence-corrected chi connectivity index (χ2v) is 9.36. The monoisotopic (exact) mass is 458 g/mol. The van der Waals surface area contributed by atoms with Crippen molar-refractivity contribution in [1.29, 1.82) is 0 Å². The molecule has 0 aliphatic carbocycles. The van der Waals surface area contributed by atoms with Crippen molar-refractivity contribution in [2.75, 3.05) is 25.5 Å². The lowest BCUT2D eigenvalue weighted by molar-refractivity contribution is 0.102. The molecule has 1 N–H and O–H groups in total. The normalized spacial score (nSPS) is 13.7. The molecule has 3 heterocycles. The van der Waals surface area contributed by atoms with Gasteiger partial charge in [-0.3, -0.25) is 20.0 Å². The van der Waals surface area contributed by atoms with Crippen LogP contribution in [0.2, 0.25) is 0 Å². The minimum atomic E-state index is -0.127. The second-order valence-electron chi connectivity index (χ2n) is 8.15. The molecule has 0 atom stereocenters. The number of aromatic nitrogens is 2. The standard InChI is InChI=1S/C26H26N4O2S/c1-4-30-14-13-22-20(15-30)23(19-7-5-6-8-21(19)27-22)25(31)29-26-28-24(16(2)33-26)17-9-11-18(32-3)12-10-17/h5-12H,4,13-15H2,1-3H3,(H,28,29,31). The molecule has 168 valence electrons. The van der Waals surface area contributed by atoms with E-state index in [9.17, 15) is 4.79 Å². The molecule has 2 aromatic heterocycles. The number of methoxy groups -OCH3 is 1. The topological polar surface area (TPSA) is 67.4 Å². The molecule has 0 unspecified atom stereocenters. The molecule has 0 bridgehead atoms. The van der Waals surface area contributed by atoms with Crippen molar-refractivity contribution >= 4 is 33.3 Å². The molecule has 4 aromatic rings. The van der Waals surface area contributed by atoms with E-state index in [0.717, 1.165) is 70.1 Å². The predicted molar refractivity (Wildman–Crippen MR) is 133 cm³/mol. The quantitative estimate of drug-likeness (QED) is 0.439. The molecule has 1 aliphatic rings. The summed E-state index contributed by atoms with van der Waals surface area (Å²) < 4.78 is 5.25. The second kappa shape index (κ2) is 8.92. The molecule has 0 fully saturated rings. The Morgan fingerprint density at radius 3 is 2.70 bits per heavy atom. The highest BCUT2D eigenvalue weighted by molar-refractivity contribution is 7.16. The van der Waals surface area contributed by atoms with E-state index >= 15 is 0 Å². The molecule has 2 aromatic carbocycles. The third kappa shape index (κ3) is 4.10. The number of pyridine rings is 1. The molecule has 5 rings (SSSR count). The Kier molecular flexibility index (Phi) is 5.83. The van der Waals surface area contributed by atoms with Gasteiger partial charge >= 0.3 is 0 Å². The number of nitrogens with zero attached hydrogens (tertiary/aromatic N) is 3. The van der Waals surface area contributed by atoms with Crippen LogP contribution in [0, 0.1) is 6.92 Å². The van der Waals surface area contributed by atoms with Crippen LogP contribution in [0.5, 0.6) is 5.75 Å². The minimum Gasteiger partial charge on any atom is -0.497 e. The van der Waals surface area contributed by atoms with Crippen LogP contribution in [-0.4, -0.2) is 41.0 Å². The van der Waals surface area contributed by atoms with Gasteiger partial charge in [-0.05, 0) is 43.8 Å². The summed E-state index contributed by atoms with van der Waals surface area (Å²) in [5.74, 6) is 0.674. The number of nitrogens with one attached hydrogen (secondary N) is 1. The predicted octanol–water partition coefficient (Wildman–Crippen LogP) is 5.31. The van der Waals surface area contributed by atoms with Gasteiger partial charge in [0.25, 0.3) is 5.91 Å². The number of likely N-dealkylation sites (N-methyl/N-ethyl adjacent to an activating group) is 1. The first-order chi connectivity index (χ1) is 16.1. The average molecular weight is 459 g/mol. The lowest BCUT2D eigenvalue weighted by atomic mass is 9.95. The SMILES string of the molecule is CCN1CCc2nc3ccccc3c(C(=O)Nc3nc(-c4ccc(OC)cc4)c(C)s3)c2C1. The zero-order valence-corrected chi connectivity index (χ0v) is 19.8. The number of aryl methyl sites for hydroxylation is 1. The molecule has 1 amide bonds. The maximum atomic E-state index is 13.6. The van der Waals surface area contributed by atoms with Gasteiger partial charge < -0.3 is 4.74 Å². The van der Waals surface area contributed by atoms with E-state index in [1.54, 1.807) is 7.11 Å². The molecule has 0 saturated carbocycles. The fraction of sp³-hybridized carbons (Fsp3) is 0.269. The highest BCUT2D eigenvalue weighted by Crippen LogP contribution is 2.33. The van der Waals surface area contributed by atoms with E-state index in [2.05, 4.69) is 17.1 Å². The number of benzene rings is 2. The number of hydrogen-bond donors (Lipinski definition) is 1. The largest absolute Gasteiger partial charge is 0.497 e. The van der Waals surface area contributed by atoms with Gasteiger partial charge in [0.2, 0.25) is 0 Å². The number of ether oxygens (including phenoxy) is 1. The van der Waals surface area contributed by atoms with Crippen LogP contribution >= 0.6 is 11.3 Å². The molecular formula is C26H26N4O2S. The number of thiazole rings is 1. The van der Waals surface area contributed by atoms with Crippen LogP contribution in [0.25, 0.3) is 22.2 Å². The first kappa shape index (κ1) is 21.6. The van der Waals surface area contributed by atoms with Crippen molar-refractivity contribution in [1.82, 2.24) is 14.9 Å². The maximum Gasteiger partial charge on any atom is 0.258 e. The number of anilines is 1. The Balaban J connectivity index is 1.51. The van der Waals surface area contributed by atoms with E-state index in [4.69, 9.17) is 14.7 Å². The van der Waals surface area contributed by atoms with Gasteiger partial charge in [-0.1, -0.05) is 25.1 Å². The van der Waals surface area contributed by atoms with Crippen LogP contribution in [0.1, 0.15) is 33.4 Å². The molecule has 0 saturated heterocycles. The number of para-hydroxylation sites is 1. The van der Waals surface area contributed by atoms with Crippen molar-refractivity contribution in [3.8, 4) is 17.0 Å². The summed E-state index contributed by atoms with van der Waals surface area (Å²) in [6.45, 7) is 6.82. The van der Waals surface area contributed by atoms with E-state index in [-0.39, 0.29) is 5.91 Å². The van der Waals surface area contributed by atoms with E-state index in [1.165, 1.54) is 11.3 Å². The number of fused-ring (bicyclic) bond motifs is 2. The Morgan fingerprint density at radius 2 is 1.94 bits per heavy atom. The van der Waals surface area contributed by atoms with Gasteiger partial charge in [-0.15, -0.1) is 11.3 Å². The van der Waals surface area contributed by atoms with Crippen molar-refractivity contribution in [3.05, 3.63) is 70.2 Å². The third-order valence-corrected chi connectivity index (χ3v) is 7.07. The highest BCUT2D eigenvalue weighted by atomic mass is 32.1. The molecule has 1 aliphatic heterocycles. The van der Waals surface area contributed by atoms with Crippen LogP contribution in [0.15, 0.2) is 48.5 Å². The molecule has 33 heavy (non-hydrogen) atoms. The number of hydrogen-bond acceptors (Lipinski definition) is 6. The van der Waals surface area contributed by atoms with Crippen molar-refractivity contribution < 1.29 is 9.53 Å². The molecule has 0 spiro atoms. The number of rotatable bonds is 5. The zero-order valence-electron chi connectivity index (χ0n) is 19.0. The van der Waals surface area contributed by atoms with Gasteiger partial charge in [-0.2, -0.15) is 0 Å². The lowest BCUT2D eigenvalue weighted by Gasteiger charge is -2.29. The van der Waals surface area contributed by atoms with E-state index in [1.807, 2.05) is 55.5 Å². The van der Waals surface area contributed by atoms with Crippen molar-refractivity contribution in [2.24, 2.45) is 0 Å².